The van der Waals surface area contributed by atoms with Gasteiger partial charge in [-0.05, 0) is 24.1 Å². The number of hydrogen-bond donors (Lipinski definition) is 2. The van der Waals surface area contributed by atoms with Crippen LogP contribution in [-0.2, 0) is 40.6 Å². The molecule has 0 atom stereocenters. The lowest BCUT2D eigenvalue weighted by Crippen LogP contribution is -2.31. The van der Waals surface area contributed by atoms with Crippen LogP contribution in [0, 0.1) is 0 Å². The number of carbonyl (C=O) groups excluding carboxylic acids is 2. The van der Waals surface area contributed by atoms with Gasteiger partial charge < -0.3 is 15.2 Å². The largest absolute Gasteiger partial charge is 0.354 e. The Morgan fingerprint density at radius 3 is 2.67 bits per heavy atom. The lowest BCUT2D eigenvalue weighted by Gasteiger charge is -2.12. The predicted molar refractivity (Wildman–Crippen MR) is 129 cm³/mol. The summed E-state index contributed by atoms with van der Waals surface area (Å²) >= 11 is 1.75. The Labute approximate surface area is 195 Å². The van der Waals surface area contributed by atoms with Gasteiger partial charge in [0, 0.05) is 23.6 Å². The Bertz CT molecular complexity index is 1300. The molecule has 1 aliphatic heterocycles. The van der Waals surface area contributed by atoms with Crippen molar-refractivity contribution in [3.05, 3.63) is 77.7 Å². The Kier molecular flexibility index (Phi) is 6.12. The monoisotopic (exact) mass is 460 g/mol. The number of anilines is 1. The highest BCUT2D eigenvalue weighted by Crippen LogP contribution is 2.34. The van der Waals surface area contributed by atoms with Crippen LogP contribution in [0.5, 0.6) is 0 Å². The molecule has 0 fully saturated rings. The number of nitrogens with zero attached hydrogens (tertiary/aromatic N) is 4. The molecule has 9 heteroatoms. The molecule has 0 aliphatic carbocycles. The third kappa shape index (κ3) is 4.78. The Morgan fingerprint density at radius 1 is 0.970 bits per heavy atom. The second-order valence-electron chi connectivity index (χ2n) is 7.92. The van der Waals surface area contributed by atoms with Gasteiger partial charge in [0.2, 0.25) is 11.8 Å². The maximum Gasteiger partial charge on any atom is 0.245 e. The van der Waals surface area contributed by atoms with Crippen LogP contribution >= 0.6 is 11.8 Å². The van der Waals surface area contributed by atoms with Crippen LogP contribution < -0.4 is 10.6 Å². The van der Waals surface area contributed by atoms with Crippen molar-refractivity contribution in [3.63, 3.8) is 0 Å². The van der Waals surface area contributed by atoms with E-state index in [-0.39, 0.29) is 24.9 Å². The number of nitrogens with one attached hydrogen (secondary N) is 2. The van der Waals surface area contributed by atoms with Gasteiger partial charge in [-0.15, -0.1) is 0 Å². The highest BCUT2D eigenvalue weighted by atomic mass is 32.2. The number of thioether (sulfide) groups is 1. The van der Waals surface area contributed by atoms with Crippen molar-refractivity contribution in [3.8, 4) is 0 Å². The molecular weight excluding hydrogens is 436 g/mol. The zero-order valence-corrected chi connectivity index (χ0v) is 18.8. The molecule has 3 heterocycles. The van der Waals surface area contributed by atoms with E-state index in [2.05, 4.69) is 20.7 Å². The number of aromatic nitrogens is 4. The number of carbonyl (C=O) groups is 2. The van der Waals surface area contributed by atoms with Gasteiger partial charge in [-0.1, -0.05) is 42.5 Å². The third-order valence-corrected chi connectivity index (χ3v) is 6.56. The molecule has 2 N–H and O–H groups in total. The number of rotatable bonds is 8. The molecule has 4 aromatic rings. The Hall–Kier alpha value is -3.59. The fourth-order valence-corrected chi connectivity index (χ4v) is 5.00. The van der Waals surface area contributed by atoms with E-state index in [1.165, 1.54) is 5.56 Å². The van der Waals surface area contributed by atoms with E-state index >= 15 is 0 Å². The smallest absolute Gasteiger partial charge is 0.245 e. The summed E-state index contributed by atoms with van der Waals surface area (Å²) in [4.78, 5) is 29.8. The molecule has 0 radical (unpaired) electrons. The summed E-state index contributed by atoms with van der Waals surface area (Å²) in [5, 5.41) is 10.6. The van der Waals surface area contributed by atoms with Crippen LogP contribution in [0.4, 0.5) is 5.82 Å². The highest BCUT2D eigenvalue weighted by Gasteiger charge is 2.25. The number of para-hydroxylation sites is 2. The van der Waals surface area contributed by atoms with Gasteiger partial charge in [0.15, 0.2) is 0 Å². The van der Waals surface area contributed by atoms with Gasteiger partial charge in [-0.3, -0.25) is 9.59 Å². The van der Waals surface area contributed by atoms with Crippen molar-refractivity contribution < 1.29 is 9.59 Å². The minimum atomic E-state index is -0.177. The van der Waals surface area contributed by atoms with Crippen LogP contribution in [0.2, 0.25) is 0 Å². The number of benzene rings is 2. The molecule has 8 nitrogen and oxygen atoms in total. The lowest BCUT2D eigenvalue weighted by atomic mass is 10.1. The summed E-state index contributed by atoms with van der Waals surface area (Å²) in [5.41, 5.74) is 4.86. The average molecular weight is 461 g/mol. The summed E-state index contributed by atoms with van der Waals surface area (Å²) < 4.78 is 3.43. The van der Waals surface area contributed by atoms with Crippen molar-refractivity contribution in [2.45, 2.75) is 31.0 Å². The molecule has 5 rings (SSSR count). The summed E-state index contributed by atoms with van der Waals surface area (Å²) in [6.07, 6.45) is 2.43. The van der Waals surface area contributed by atoms with E-state index in [0.717, 1.165) is 40.2 Å². The van der Waals surface area contributed by atoms with Gasteiger partial charge in [-0.25, -0.2) is 9.67 Å². The summed E-state index contributed by atoms with van der Waals surface area (Å²) in [7, 11) is 0. The molecule has 1 aliphatic rings. The molecule has 0 unspecified atom stereocenters. The maximum absolute atomic E-state index is 12.9. The number of amides is 2. The molecular formula is C24H24N6O2S. The van der Waals surface area contributed by atoms with E-state index in [1.54, 1.807) is 22.8 Å². The van der Waals surface area contributed by atoms with Crippen molar-refractivity contribution in [1.82, 2.24) is 24.6 Å². The van der Waals surface area contributed by atoms with Gasteiger partial charge in [0.05, 0.1) is 23.1 Å². The van der Waals surface area contributed by atoms with Gasteiger partial charge in [0.1, 0.15) is 18.9 Å². The summed E-state index contributed by atoms with van der Waals surface area (Å²) in [5.74, 6) is 1.86. The first kappa shape index (κ1) is 21.3. The molecule has 0 spiro atoms. The molecule has 33 heavy (non-hydrogen) atoms. The summed E-state index contributed by atoms with van der Waals surface area (Å²) in [6, 6.07) is 17.7. The van der Waals surface area contributed by atoms with E-state index in [0.29, 0.717) is 12.4 Å². The Morgan fingerprint density at radius 2 is 1.79 bits per heavy atom. The van der Waals surface area contributed by atoms with Crippen molar-refractivity contribution in [2.24, 2.45) is 0 Å². The van der Waals surface area contributed by atoms with Crippen LogP contribution in [0.25, 0.3) is 11.0 Å². The fraction of sp³-hybridized carbons (Fsp3) is 0.250. The first-order valence-corrected chi connectivity index (χ1v) is 12.0. The first-order chi connectivity index (χ1) is 16.2. The standard InChI is InChI=1S/C24H24N6O2S/c31-22(25-11-10-17-6-2-1-3-7-17)13-30-24(18-14-33-15-20(18)28-30)27-23(32)12-29-16-26-19-8-4-5-9-21(19)29/h1-9,16H,10-15H2,(H,25,31)(H,27,32). The SMILES string of the molecule is O=C(Cn1nc2c(c1NC(=O)Cn1cnc3ccccc31)CSC2)NCCc1ccccc1. The minimum Gasteiger partial charge on any atom is -0.354 e. The molecule has 0 bridgehead atoms. The topological polar surface area (TPSA) is 93.8 Å². The zero-order chi connectivity index (χ0) is 22.6. The zero-order valence-electron chi connectivity index (χ0n) is 18.0. The molecule has 2 aromatic carbocycles. The van der Waals surface area contributed by atoms with Crippen LogP contribution in [0.1, 0.15) is 16.8 Å². The molecule has 2 amide bonds. The van der Waals surface area contributed by atoms with E-state index < -0.39 is 0 Å². The Balaban J connectivity index is 1.25. The molecule has 0 saturated carbocycles. The second kappa shape index (κ2) is 9.50. The van der Waals surface area contributed by atoms with Crippen molar-refractivity contribution in [2.75, 3.05) is 11.9 Å². The average Bonchev–Trinajstić information content (AvgIpc) is 3.52. The molecule has 0 saturated heterocycles. The van der Waals surface area contributed by atoms with Crippen LogP contribution in [0.3, 0.4) is 0 Å². The van der Waals surface area contributed by atoms with Crippen molar-refractivity contribution in [1.29, 1.82) is 0 Å². The number of imidazole rings is 1. The van der Waals surface area contributed by atoms with Gasteiger partial charge in [-0.2, -0.15) is 16.9 Å². The first-order valence-electron chi connectivity index (χ1n) is 10.8. The van der Waals surface area contributed by atoms with E-state index in [4.69, 9.17) is 0 Å². The quantitative estimate of drug-likeness (QED) is 0.422. The van der Waals surface area contributed by atoms with Crippen molar-refractivity contribution >= 4 is 40.4 Å². The van der Waals surface area contributed by atoms with Crippen LogP contribution in [-0.4, -0.2) is 37.7 Å². The molecule has 168 valence electrons. The van der Waals surface area contributed by atoms with Gasteiger partial charge in [0.25, 0.3) is 0 Å². The molecule has 2 aromatic heterocycles. The number of hydrogen-bond acceptors (Lipinski definition) is 5. The van der Waals surface area contributed by atoms with E-state index in [9.17, 15) is 9.59 Å². The lowest BCUT2D eigenvalue weighted by molar-refractivity contribution is -0.122. The third-order valence-electron chi connectivity index (χ3n) is 5.59. The maximum atomic E-state index is 12.9. The predicted octanol–water partition coefficient (Wildman–Crippen LogP) is 2.98. The second-order valence-corrected chi connectivity index (χ2v) is 8.90. The van der Waals surface area contributed by atoms with E-state index in [1.807, 2.05) is 59.2 Å². The highest BCUT2D eigenvalue weighted by molar-refractivity contribution is 7.98. The number of fused-ring (bicyclic) bond motifs is 2. The summed E-state index contributed by atoms with van der Waals surface area (Å²) in [6.45, 7) is 0.752. The van der Waals surface area contributed by atoms with Crippen LogP contribution in [0.15, 0.2) is 60.9 Å². The fourth-order valence-electron chi connectivity index (χ4n) is 3.97. The minimum absolute atomic E-state index is 0.0656. The normalized spacial score (nSPS) is 12.6. The van der Waals surface area contributed by atoms with Gasteiger partial charge >= 0.3 is 0 Å².